The second kappa shape index (κ2) is 12.1. The van der Waals surface area contributed by atoms with Gasteiger partial charge in [-0.2, -0.15) is 0 Å². The first-order chi connectivity index (χ1) is 17.1. The Balaban J connectivity index is 1.73. The third kappa shape index (κ3) is 6.87. The standard InChI is InChI=1S/C25H32FN3O6S/c1-4-13-27-25(31)18(2)28(16-19-8-5-6-9-21(19)26)24(30)10-7-14-29(36(3,32)33)20-11-12-22-23(15-20)35-17-34-22/h5-6,8-9,11-12,15,18H,4,7,10,13-14,16-17H2,1-3H3,(H,27,31)/t18-/m0/s1. The van der Waals surface area contributed by atoms with Crippen LogP contribution < -0.4 is 19.1 Å². The number of anilines is 1. The van der Waals surface area contributed by atoms with Crippen molar-refractivity contribution in [2.75, 3.05) is 30.4 Å². The summed E-state index contributed by atoms with van der Waals surface area (Å²) < 4.78 is 51.1. The fraction of sp³-hybridized carbons (Fsp3) is 0.440. The van der Waals surface area contributed by atoms with Gasteiger partial charge < -0.3 is 19.7 Å². The van der Waals surface area contributed by atoms with Gasteiger partial charge in [0.1, 0.15) is 11.9 Å². The number of hydrogen-bond donors (Lipinski definition) is 1. The molecule has 0 spiro atoms. The molecular formula is C25H32FN3O6S. The molecule has 0 unspecified atom stereocenters. The van der Waals surface area contributed by atoms with Gasteiger partial charge in [0, 0.05) is 37.7 Å². The van der Waals surface area contributed by atoms with Gasteiger partial charge in [-0.1, -0.05) is 25.1 Å². The van der Waals surface area contributed by atoms with Gasteiger partial charge in [0.05, 0.1) is 11.9 Å². The largest absolute Gasteiger partial charge is 0.454 e. The number of sulfonamides is 1. The first-order valence-electron chi connectivity index (χ1n) is 11.8. The number of carbonyl (C=O) groups is 2. The van der Waals surface area contributed by atoms with Crippen molar-refractivity contribution in [1.82, 2.24) is 10.2 Å². The van der Waals surface area contributed by atoms with Crippen molar-refractivity contribution in [3.63, 3.8) is 0 Å². The van der Waals surface area contributed by atoms with E-state index in [0.29, 0.717) is 29.3 Å². The van der Waals surface area contributed by atoms with E-state index in [2.05, 4.69) is 5.32 Å². The lowest BCUT2D eigenvalue weighted by atomic mass is 10.1. The van der Waals surface area contributed by atoms with Crippen LogP contribution >= 0.6 is 0 Å². The van der Waals surface area contributed by atoms with E-state index in [-0.39, 0.29) is 44.5 Å². The lowest BCUT2D eigenvalue weighted by molar-refractivity contribution is -0.140. The molecule has 1 aliphatic rings. The average Bonchev–Trinajstić information content (AvgIpc) is 3.31. The molecule has 0 fully saturated rings. The number of nitrogens with zero attached hydrogens (tertiary/aromatic N) is 2. The van der Waals surface area contributed by atoms with Crippen molar-refractivity contribution in [3.8, 4) is 11.5 Å². The summed E-state index contributed by atoms with van der Waals surface area (Å²) in [5, 5.41) is 2.77. The minimum absolute atomic E-state index is 0.0313. The van der Waals surface area contributed by atoms with Crippen LogP contribution in [0.25, 0.3) is 0 Å². The Labute approximate surface area is 211 Å². The first kappa shape index (κ1) is 27.3. The zero-order chi connectivity index (χ0) is 26.3. The highest BCUT2D eigenvalue weighted by atomic mass is 32.2. The number of halogens is 1. The Morgan fingerprint density at radius 1 is 1.14 bits per heavy atom. The Hall–Kier alpha value is -3.34. The van der Waals surface area contributed by atoms with Crippen LogP contribution in [0.3, 0.4) is 0 Å². The molecule has 11 heteroatoms. The van der Waals surface area contributed by atoms with Gasteiger partial charge in [-0.15, -0.1) is 0 Å². The Bertz CT molecular complexity index is 1190. The fourth-order valence-corrected chi connectivity index (χ4v) is 4.79. The lowest BCUT2D eigenvalue weighted by Gasteiger charge is -2.29. The van der Waals surface area contributed by atoms with Gasteiger partial charge >= 0.3 is 0 Å². The van der Waals surface area contributed by atoms with Crippen molar-refractivity contribution in [1.29, 1.82) is 0 Å². The number of ether oxygens (including phenoxy) is 2. The van der Waals surface area contributed by atoms with Crippen LogP contribution in [0, 0.1) is 5.82 Å². The van der Waals surface area contributed by atoms with Crippen LogP contribution in [0.4, 0.5) is 10.1 Å². The molecule has 1 N–H and O–H groups in total. The van der Waals surface area contributed by atoms with E-state index >= 15 is 0 Å². The summed E-state index contributed by atoms with van der Waals surface area (Å²) >= 11 is 0. The molecular weight excluding hydrogens is 489 g/mol. The Morgan fingerprint density at radius 3 is 2.56 bits per heavy atom. The van der Waals surface area contributed by atoms with Gasteiger partial charge in [0.25, 0.3) is 0 Å². The molecule has 0 aliphatic carbocycles. The van der Waals surface area contributed by atoms with E-state index in [1.807, 2.05) is 6.92 Å². The molecule has 2 amide bonds. The van der Waals surface area contributed by atoms with Gasteiger partial charge in [0.15, 0.2) is 11.5 Å². The number of rotatable bonds is 12. The highest BCUT2D eigenvalue weighted by Crippen LogP contribution is 2.36. The van der Waals surface area contributed by atoms with E-state index in [1.54, 1.807) is 43.3 Å². The molecule has 0 saturated carbocycles. The lowest BCUT2D eigenvalue weighted by Crippen LogP contribution is -2.48. The molecule has 1 atom stereocenters. The summed E-state index contributed by atoms with van der Waals surface area (Å²) in [4.78, 5) is 27.2. The zero-order valence-electron chi connectivity index (χ0n) is 20.7. The summed E-state index contributed by atoms with van der Waals surface area (Å²) in [5.74, 6) is -0.208. The number of benzene rings is 2. The quantitative estimate of drug-likeness (QED) is 0.460. The maximum absolute atomic E-state index is 14.3. The highest BCUT2D eigenvalue weighted by Gasteiger charge is 2.27. The minimum atomic E-state index is -3.65. The Kier molecular flexibility index (Phi) is 9.14. The summed E-state index contributed by atoms with van der Waals surface area (Å²) in [6.07, 6.45) is 1.98. The van der Waals surface area contributed by atoms with Crippen molar-refractivity contribution in [2.45, 2.75) is 45.7 Å². The van der Waals surface area contributed by atoms with E-state index in [9.17, 15) is 22.4 Å². The van der Waals surface area contributed by atoms with Crippen molar-refractivity contribution in [2.24, 2.45) is 0 Å². The number of nitrogens with one attached hydrogen (secondary N) is 1. The van der Waals surface area contributed by atoms with Crippen molar-refractivity contribution >= 4 is 27.5 Å². The average molecular weight is 522 g/mol. The maximum atomic E-state index is 14.3. The number of fused-ring (bicyclic) bond motifs is 1. The molecule has 9 nitrogen and oxygen atoms in total. The van der Waals surface area contributed by atoms with E-state index in [1.165, 1.54) is 15.3 Å². The van der Waals surface area contributed by atoms with E-state index < -0.39 is 21.9 Å². The predicted molar refractivity (Wildman–Crippen MR) is 134 cm³/mol. The van der Waals surface area contributed by atoms with Gasteiger partial charge in [0.2, 0.25) is 28.6 Å². The minimum Gasteiger partial charge on any atom is -0.454 e. The molecule has 1 heterocycles. The topological polar surface area (TPSA) is 105 Å². The molecule has 0 aromatic heterocycles. The SMILES string of the molecule is CCCNC(=O)[C@H](C)N(Cc1ccccc1F)C(=O)CCCN(c1ccc2c(c1)OCO2)S(C)(=O)=O. The molecule has 0 bridgehead atoms. The monoisotopic (exact) mass is 521 g/mol. The molecule has 2 aromatic carbocycles. The highest BCUT2D eigenvalue weighted by molar-refractivity contribution is 7.92. The molecule has 196 valence electrons. The van der Waals surface area contributed by atoms with Gasteiger partial charge in [-0.25, -0.2) is 12.8 Å². The second-order valence-electron chi connectivity index (χ2n) is 8.56. The molecule has 0 saturated heterocycles. The maximum Gasteiger partial charge on any atom is 0.242 e. The third-order valence-electron chi connectivity index (χ3n) is 5.81. The fourth-order valence-electron chi connectivity index (χ4n) is 3.83. The van der Waals surface area contributed by atoms with Crippen LogP contribution in [0.1, 0.15) is 38.7 Å². The first-order valence-corrected chi connectivity index (χ1v) is 13.6. The predicted octanol–water partition coefficient (Wildman–Crippen LogP) is 3.04. The van der Waals surface area contributed by atoms with E-state index in [0.717, 1.165) is 12.7 Å². The number of hydrogen-bond acceptors (Lipinski definition) is 6. The van der Waals surface area contributed by atoms with Crippen LogP contribution in [-0.4, -0.2) is 57.3 Å². The normalized spacial score (nSPS) is 13.2. The second-order valence-corrected chi connectivity index (χ2v) is 10.5. The van der Waals surface area contributed by atoms with Crippen LogP contribution in [-0.2, 0) is 26.2 Å². The van der Waals surface area contributed by atoms with Crippen LogP contribution in [0.2, 0.25) is 0 Å². The molecule has 0 radical (unpaired) electrons. The smallest absolute Gasteiger partial charge is 0.242 e. The zero-order valence-corrected chi connectivity index (χ0v) is 21.5. The molecule has 36 heavy (non-hydrogen) atoms. The summed E-state index contributed by atoms with van der Waals surface area (Å²) in [6.45, 7) is 4.00. The van der Waals surface area contributed by atoms with Gasteiger partial charge in [-0.3, -0.25) is 13.9 Å². The van der Waals surface area contributed by atoms with Crippen LogP contribution in [0.15, 0.2) is 42.5 Å². The summed E-state index contributed by atoms with van der Waals surface area (Å²) in [5.41, 5.74) is 0.684. The Morgan fingerprint density at radius 2 is 1.86 bits per heavy atom. The summed E-state index contributed by atoms with van der Waals surface area (Å²) in [6, 6.07) is 10.1. The summed E-state index contributed by atoms with van der Waals surface area (Å²) in [7, 11) is -3.65. The molecule has 2 aromatic rings. The van der Waals surface area contributed by atoms with Crippen molar-refractivity contribution in [3.05, 3.63) is 53.8 Å². The van der Waals surface area contributed by atoms with Crippen molar-refractivity contribution < 1.29 is 31.9 Å². The van der Waals surface area contributed by atoms with E-state index in [4.69, 9.17) is 9.47 Å². The number of amides is 2. The van der Waals surface area contributed by atoms with Crippen LogP contribution in [0.5, 0.6) is 11.5 Å². The third-order valence-corrected chi connectivity index (χ3v) is 7.01. The van der Waals surface area contributed by atoms with Gasteiger partial charge in [-0.05, 0) is 38.0 Å². The molecule has 3 rings (SSSR count). The molecule has 1 aliphatic heterocycles. The number of carbonyl (C=O) groups excluding carboxylic acids is 2.